The average Bonchev–Trinajstić information content (AvgIpc) is 3.23. The molecule has 3 rings (SSSR count). The zero-order valence-corrected chi connectivity index (χ0v) is 17.4. The van der Waals surface area contributed by atoms with E-state index in [0.29, 0.717) is 22.7 Å². The number of thiophene rings is 1. The first kappa shape index (κ1) is 20.4. The Labute approximate surface area is 172 Å². The van der Waals surface area contributed by atoms with E-state index in [9.17, 15) is 14.4 Å². The molecule has 0 bridgehead atoms. The molecule has 1 heterocycles. The van der Waals surface area contributed by atoms with E-state index in [1.54, 1.807) is 11.8 Å². The van der Waals surface area contributed by atoms with Crippen LogP contribution in [0.2, 0.25) is 0 Å². The van der Waals surface area contributed by atoms with Crippen molar-refractivity contribution in [1.82, 2.24) is 5.32 Å². The lowest BCUT2D eigenvalue weighted by Crippen LogP contribution is -2.31. The van der Waals surface area contributed by atoms with Crippen molar-refractivity contribution in [3.63, 3.8) is 0 Å². The summed E-state index contributed by atoms with van der Waals surface area (Å²) in [6.45, 7) is 2.04. The van der Waals surface area contributed by atoms with Gasteiger partial charge in [0.2, 0.25) is 5.91 Å². The molecule has 0 saturated carbocycles. The highest BCUT2D eigenvalue weighted by atomic mass is 32.2. The van der Waals surface area contributed by atoms with Crippen molar-refractivity contribution in [3.05, 3.63) is 45.8 Å². The molecule has 3 amide bonds. The van der Waals surface area contributed by atoms with Gasteiger partial charge in [0.25, 0.3) is 5.91 Å². The van der Waals surface area contributed by atoms with Crippen molar-refractivity contribution in [2.75, 3.05) is 18.2 Å². The second kappa shape index (κ2) is 9.25. The molecule has 2 N–H and O–H groups in total. The van der Waals surface area contributed by atoms with Crippen molar-refractivity contribution in [2.24, 2.45) is 0 Å². The smallest absolute Gasteiger partial charge is 0.413 e. The van der Waals surface area contributed by atoms with Crippen molar-refractivity contribution >= 4 is 46.0 Å². The summed E-state index contributed by atoms with van der Waals surface area (Å²) in [5.41, 5.74) is 2.52. The molecule has 0 spiro atoms. The zero-order chi connectivity index (χ0) is 20.1. The van der Waals surface area contributed by atoms with Crippen LogP contribution < -0.4 is 10.6 Å². The average molecular weight is 419 g/mol. The fraction of sp³-hybridized carbons (Fsp3) is 0.350. The molecule has 0 atom stereocenters. The summed E-state index contributed by atoms with van der Waals surface area (Å²) < 4.78 is 4.50. The number of fused-ring (bicyclic) bond motifs is 1. The molecule has 1 aromatic carbocycles. The van der Waals surface area contributed by atoms with Gasteiger partial charge in [0.15, 0.2) is 0 Å². The molecule has 28 heavy (non-hydrogen) atoms. The Balaban J connectivity index is 1.63. The lowest BCUT2D eigenvalue weighted by atomic mass is 10.1. The normalized spacial score (nSPS) is 12.4. The molecule has 6 nitrogen and oxygen atoms in total. The van der Waals surface area contributed by atoms with E-state index in [0.717, 1.165) is 34.6 Å². The summed E-state index contributed by atoms with van der Waals surface area (Å²) in [5, 5.41) is 5.57. The Morgan fingerprint density at radius 3 is 2.64 bits per heavy atom. The van der Waals surface area contributed by atoms with Gasteiger partial charge < -0.3 is 10.1 Å². The highest BCUT2D eigenvalue weighted by molar-refractivity contribution is 7.99. The summed E-state index contributed by atoms with van der Waals surface area (Å²) in [6, 6.07) is 8.16. The molecule has 148 valence electrons. The van der Waals surface area contributed by atoms with Gasteiger partial charge in [-0.3, -0.25) is 14.9 Å². The number of ether oxygens (including phenoxy) is 1. The molecule has 1 aliphatic rings. The number of anilines is 1. The maximum absolute atomic E-state index is 12.5. The summed E-state index contributed by atoms with van der Waals surface area (Å²) in [4.78, 5) is 38.5. The third-order valence-corrected chi connectivity index (χ3v) is 6.64. The zero-order valence-electron chi connectivity index (χ0n) is 15.8. The van der Waals surface area contributed by atoms with Gasteiger partial charge >= 0.3 is 6.09 Å². The highest BCUT2D eigenvalue weighted by Gasteiger charge is 2.28. The van der Waals surface area contributed by atoms with Crippen LogP contribution in [0.25, 0.3) is 0 Å². The van der Waals surface area contributed by atoms with Crippen LogP contribution in [0.5, 0.6) is 0 Å². The summed E-state index contributed by atoms with van der Waals surface area (Å²) >= 11 is 3.04. The molecule has 0 fully saturated rings. The van der Waals surface area contributed by atoms with Crippen molar-refractivity contribution < 1.29 is 19.1 Å². The van der Waals surface area contributed by atoms with Gasteiger partial charge in [-0.25, -0.2) is 4.79 Å². The van der Waals surface area contributed by atoms with E-state index >= 15 is 0 Å². The standard InChI is InChI=1S/C20H22N2O4S2/c1-12-6-8-13(9-7-12)27-11-10-16(23)21-19-17(18(24)22-20(25)26-2)14-4-3-5-15(14)28-19/h6-9H,3-5,10-11H2,1-2H3,(H,21,23)(H,22,24,25). The van der Waals surface area contributed by atoms with Crippen LogP contribution in [-0.2, 0) is 22.4 Å². The van der Waals surface area contributed by atoms with Crippen LogP contribution in [0.15, 0.2) is 29.2 Å². The minimum absolute atomic E-state index is 0.147. The highest BCUT2D eigenvalue weighted by Crippen LogP contribution is 2.39. The Morgan fingerprint density at radius 1 is 1.18 bits per heavy atom. The number of aryl methyl sites for hydroxylation is 2. The van der Waals surface area contributed by atoms with Crippen LogP contribution in [-0.4, -0.2) is 30.8 Å². The second-order valence-corrected chi connectivity index (χ2v) is 8.74. The number of thioether (sulfide) groups is 1. The van der Waals surface area contributed by atoms with E-state index in [4.69, 9.17) is 0 Å². The van der Waals surface area contributed by atoms with Gasteiger partial charge in [0.05, 0.1) is 12.7 Å². The van der Waals surface area contributed by atoms with E-state index < -0.39 is 12.0 Å². The van der Waals surface area contributed by atoms with Crippen LogP contribution >= 0.6 is 23.1 Å². The van der Waals surface area contributed by atoms with E-state index in [-0.39, 0.29) is 5.91 Å². The van der Waals surface area contributed by atoms with Gasteiger partial charge in [-0.1, -0.05) is 17.7 Å². The molecule has 0 aliphatic heterocycles. The molecule has 1 aliphatic carbocycles. The lowest BCUT2D eigenvalue weighted by molar-refractivity contribution is -0.115. The Bertz CT molecular complexity index is 890. The number of alkyl carbamates (subject to hydrolysis) is 1. The quantitative estimate of drug-likeness (QED) is 0.688. The second-order valence-electron chi connectivity index (χ2n) is 6.47. The van der Waals surface area contributed by atoms with Crippen LogP contribution in [0.4, 0.5) is 9.80 Å². The number of amides is 3. The van der Waals surface area contributed by atoms with E-state index in [2.05, 4.69) is 15.4 Å². The molecular formula is C20H22N2O4S2. The number of hydrogen-bond acceptors (Lipinski definition) is 6. The van der Waals surface area contributed by atoms with Crippen LogP contribution in [0.3, 0.4) is 0 Å². The number of hydrogen-bond donors (Lipinski definition) is 2. The predicted molar refractivity (Wildman–Crippen MR) is 111 cm³/mol. The maximum atomic E-state index is 12.5. The lowest BCUT2D eigenvalue weighted by Gasteiger charge is -2.08. The van der Waals surface area contributed by atoms with Gasteiger partial charge in [-0.15, -0.1) is 23.1 Å². The minimum atomic E-state index is -0.810. The van der Waals surface area contributed by atoms with E-state index in [1.165, 1.54) is 24.0 Å². The maximum Gasteiger partial charge on any atom is 0.413 e. The molecule has 0 radical (unpaired) electrons. The van der Waals surface area contributed by atoms with Gasteiger partial charge in [-0.05, 0) is 43.9 Å². The van der Waals surface area contributed by atoms with Crippen molar-refractivity contribution in [1.29, 1.82) is 0 Å². The van der Waals surface area contributed by atoms with Crippen molar-refractivity contribution in [3.8, 4) is 0 Å². The Kier molecular flexibility index (Phi) is 6.74. The third kappa shape index (κ3) is 4.94. The minimum Gasteiger partial charge on any atom is -0.453 e. The number of methoxy groups -OCH3 is 1. The number of rotatable bonds is 6. The van der Waals surface area contributed by atoms with Gasteiger partial charge in [-0.2, -0.15) is 0 Å². The summed E-state index contributed by atoms with van der Waals surface area (Å²) in [5.74, 6) is -0.0360. The molecular weight excluding hydrogens is 396 g/mol. The number of imide groups is 1. The molecule has 2 aromatic rings. The van der Waals surface area contributed by atoms with Crippen molar-refractivity contribution in [2.45, 2.75) is 37.5 Å². The third-order valence-electron chi connectivity index (χ3n) is 4.42. The summed E-state index contributed by atoms with van der Waals surface area (Å²) in [6.07, 6.45) is 2.15. The Morgan fingerprint density at radius 2 is 1.93 bits per heavy atom. The first-order chi connectivity index (χ1) is 13.5. The Hall–Kier alpha value is -2.32. The number of nitrogens with one attached hydrogen (secondary N) is 2. The molecule has 0 saturated heterocycles. The van der Waals surface area contributed by atoms with Gasteiger partial charge in [0, 0.05) is 21.9 Å². The molecule has 0 unspecified atom stereocenters. The largest absolute Gasteiger partial charge is 0.453 e. The SMILES string of the molecule is COC(=O)NC(=O)c1c(NC(=O)CCSc2ccc(C)cc2)sc2c1CCC2. The first-order valence-electron chi connectivity index (χ1n) is 9.01. The molecule has 1 aromatic heterocycles. The number of carbonyl (C=O) groups excluding carboxylic acids is 3. The fourth-order valence-electron chi connectivity index (χ4n) is 3.02. The number of benzene rings is 1. The predicted octanol–water partition coefficient (Wildman–Crippen LogP) is 4.16. The number of carbonyl (C=O) groups is 3. The topological polar surface area (TPSA) is 84.5 Å². The monoisotopic (exact) mass is 418 g/mol. The molecule has 8 heteroatoms. The van der Waals surface area contributed by atoms with Crippen LogP contribution in [0, 0.1) is 6.92 Å². The first-order valence-corrected chi connectivity index (χ1v) is 10.8. The van der Waals surface area contributed by atoms with E-state index in [1.807, 2.05) is 31.2 Å². The van der Waals surface area contributed by atoms with Crippen LogP contribution in [0.1, 0.15) is 39.2 Å². The summed E-state index contributed by atoms with van der Waals surface area (Å²) in [7, 11) is 1.20. The fourth-order valence-corrected chi connectivity index (χ4v) is 5.18. The van der Waals surface area contributed by atoms with Gasteiger partial charge in [0.1, 0.15) is 5.00 Å².